The van der Waals surface area contributed by atoms with Crippen molar-refractivity contribution in [1.82, 2.24) is 0 Å². The van der Waals surface area contributed by atoms with E-state index in [1.165, 1.54) is 17.6 Å². The third-order valence-electron chi connectivity index (χ3n) is 4.94. The topological polar surface area (TPSA) is 35.5 Å². The summed E-state index contributed by atoms with van der Waals surface area (Å²) in [6.45, 7) is 14.6. The van der Waals surface area contributed by atoms with Crippen molar-refractivity contribution >= 4 is 18.0 Å². The molecule has 2 aromatic rings. The van der Waals surface area contributed by atoms with Crippen molar-refractivity contribution in [2.45, 2.75) is 70.0 Å². The van der Waals surface area contributed by atoms with Crippen LogP contribution >= 0.6 is 12.0 Å². The van der Waals surface area contributed by atoms with Gasteiger partial charge in [0.05, 0.1) is 5.56 Å². The Hall–Kier alpha value is -1.78. The van der Waals surface area contributed by atoms with Crippen LogP contribution in [-0.2, 0) is 25.5 Å². The molecule has 3 rings (SSSR count). The molecule has 0 unspecified atom stereocenters. The maximum absolute atomic E-state index is 12.7. The van der Waals surface area contributed by atoms with Crippen LogP contribution in [-0.4, -0.2) is 5.97 Å². The summed E-state index contributed by atoms with van der Waals surface area (Å²) < 4.78 is 11.9. The van der Waals surface area contributed by atoms with Crippen molar-refractivity contribution in [2.75, 3.05) is 0 Å². The Morgan fingerprint density at radius 3 is 2.26 bits per heavy atom. The molecule has 0 N–H and O–H groups in total. The minimum absolute atomic E-state index is 0.0212. The molecule has 4 heteroatoms. The molecule has 0 spiro atoms. The maximum Gasteiger partial charge on any atom is 0.338 e. The van der Waals surface area contributed by atoms with Gasteiger partial charge in [-0.25, -0.2) is 4.79 Å². The van der Waals surface area contributed by atoms with Gasteiger partial charge in [0.15, 0.2) is 0 Å². The van der Waals surface area contributed by atoms with Crippen molar-refractivity contribution in [3.8, 4) is 0 Å². The summed E-state index contributed by atoms with van der Waals surface area (Å²) in [5.74, 6) is -0.321. The summed E-state index contributed by atoms with van der Waals surface area (Å²) in [5.41, 5.74) is 2.72. The Morgan fingerprint density at radius 1 is 1.04 bits per heavy atom. The molecule has 1 heterocycles. The molecule has 0 saturated heterocycles. The normalized spacial score (nSPS) is 16.1. The summed E-state index contributed by atoms with van der Waals surface area (Å²) in [7, 11) is 0. The molecule has 1 aliphatic rings. The maximum atomic E-state index is 12.7. The van der Waals surface area contributed by atoms with Gasteiger partial charge in [-0.15, -0.1) is 0 Å². The third-order valence-corrected chi connectivity index (χ3v) is 6.05. The van der Waals surface area contributed by atoms with Gasteiger partial charge in [0.1, 0.15) is 11.2 Å². The Balaban J connectivity index is 2.07. The smallest absolute Gasteiger partial charge is 0.338 e. The van der Waals surface area contributed by atoms with E-state index in [1.54, 1.807) is 12.1 Å². The molecule has 27 heavy (non-hydrogen) atoms. The van der Waals surface area contributed by atoms with E-state index in [9.17, 15) is 4.79 Å². The number of carbonyl (C=O) groups excluding carboxylic acids is 1. The van der Waals surface area contributed by atoms with Crippen LogP contribution in [0.4, 0.5) is 0 Å². The van der Waals surface area contributed by atoms with Crippen LogP contribution in [0.3, 0.4) is 0 Å². The highest BCUT2D eigenvalue weighted by atomic mass is 32.2. The van der Waals surface area contributed by atoms with E-state index in [4.69, 9.17) is 8.92 Å². The molecule has 0 fully saturated rings. The van der Waals surface area contributed by atoms with Crippen LogP contribution in [0.2, 0.25) is 0 Å². The number of hydrogen-bond donors (Lipinski definition) is 0. The van der Waals surface area contributed by atoms with Gasteiger partial charge in [0, 0.05) is 28.1 Å². The standard InChI is InChI=1S/C23H28O3S/c1-21(2,3)16-13-17(19-18(14-16)23(6,7)26-27-19)22(4,5)25-20(24)15-11-9-8-10-12-15/h8-14H,1-7H3. The van der Waals surface area contributed by atoms with Gasteiger partial charge in [-0.3, -0.25) is 4.18 Å². The Labute approximate surface area is 166 Å². The number of hydrogen-bond acceptors (Lipinski definition) is 4. The van der Waals surface area contributed by atoms with Crippen molar-refractivity contribution < 1.29 is 13.7 Å². The molecule has 2 aromatic carbocycles. The third kappa shape index (κ3) is 3.92. The van der Waals surface area contributed by atoms with Crippen LogP contribution in [0.5, 0.6) is 0 Å². The molecule has 0 bridgehead atoms. The van der Waals surface area contributed by atoms with Gasteiger partial charge < -0.3 is 4.74 Å². The van der Waals surface area contributed by atoms with E-state index in [0.717, 1.165) is 16.0 Å². The molecule has 0 radical (unpaired) electrons. The Kier molecular flexibility index (Phi) is 4.94. The Morgan fingerprint density at radius 2 is 1.67 bits per heavy atom. The summed E-state index contributed by atoms with van der Waals surface area (Å²) in [6.07, 6.45) is 0. The lowest BCUT2D eigenvalue weighted by atomic mass is 9.80. The molecule has 3 nitrogen and oxygen atoms in total. The highest BCUT2D eigenvalue weighted by Crippen LogP contribution is 2.51. The second-order valence-corrected chi connectivity index (χ2v) is 9.83. The molecular weight excluding hydrogens is 356 g/mol. The molecule has 0 amide bonds. The summed E-state index contributed by atoms with van der Waals surface area (Å²) in [4.78, 5) is 13.7. The van der Waals surface area contributed by atoms with Crippen molar-refractivity contribution in [1.29, 1.82) is 0 Å². The Bertz CT molecular complexity index is 861. The lowest BCUT2D eigenvalue weighted by molar-refractivity contribution is -0.00433. The van der Waals surface area contributed by atoms with E-state index in [1.807, 2.05) is 32.0 Å². The first-order valence-electron chi connectivity index (χ1n) is 9.25. The van der Waals surface area contributed by atoms with Gasteiger partial charge in [-0.1, -0.05) is 51.1 Å². The fraction of sp³-hybridized carbons (Fsp3) is 0.435. The van der Waals surface area contributed by atoms with E-state index in [2.05, 4.69) is 46.8 Å². The highest BCUT2D eigenvalue weighted by Gasteiger charge is 2.40. The van der Waals surface area contributed by atoms with Crippen LogP contribution in [0.15, 0.2) is 47.4 Å². The minimum atomic E-state index is -0.783. The van der Waals surface area contributed by atoms with Crippen LogP contribution in [0.25, 0.3) is 0 Å². The summed E-state index contributed by atoms with van der Waals surface area (Å²) in [5, 5.41) is 0. The van der Waals surface area contributed by atoms with Crippen LogP contribution in [0.1, 0.15) is 75.5 Å². The van der Waals surface area contributed by atoms with E-state index >= 15 is 0 Å². The molecule has 144 valence electrons. The second kappa shape index (κ2) is 6.68. The van der Waals surface area contributed by atoms with E-state index in [-0.39, 0.29) is 17.0 Å². The minimum Gasteiger partial charge on any atom is -0.451 e. The van der Waals surface area contributed by atoms with Crippen molar-refractivity contribution in [3.05, 3.63) is 64.7 Å². The highest BCUT2D eigenvalue weighted by molar-refractivity contribution is 7.95. The molecular formula is C23H28O3S. The lowest BCUT2D eigenvalue weighted by Gasteiger charge is -2.30. The quantitative estimate of drug-likeness (QED) is 0.456. The second-order valence-electron chi connectivity index (χ2n) is 9.09. The van der Waals surface area contributed by atoms with Gasteiger partial charge in [-0.05, 0) is 50.8 Å². The average Bonchev–Trinajstić information content (AvgIpc) is 2.89. The fourth-order valence-corrected chi connectivity index (χ4v) is 4.33. The van der Waals surface area contributed by atoms with Gasteiger partial charge >= 0.3 is 5.97 Å². The predicted molar refractivity (Wildman–Crippen MR) is 110 cm³/mol. The number of carbonyl (C=O) groups is 1. The monoisotopic (exact) mass is 384 g/mol. The van der Waals surface area contributed by atoms with Crippen LogP contribution in [0, 0.1) is 0 Å². The summed E-state index contributed by atoms with van der Waals surface area (Å²) >= 11 is 1.38. The van der Waals surface area contributed by atoms with Crippen molar-refractivity contribution in [2.24, 2.45) is 0 Å². The zero-order valence-corrected chi connectivity index (χ0v) is 18.0. The van der Waals surface area contributed by atoms with Crippen molar-refractivity contribution in [3.63, 3.8) is 0 Å². The fourth-order valence-electron chi connectivity index (χ4n) is 3.16. The molecule has 0 aliphatic carbocycles. The predicted octanol–water partition coefficient (Wildman–Crippen LogP) is 6.35. The zero-order chi connectivity index (χ0) is 20.0. The van der Waals surface area contributed by atoms with Gasteiger partial charge in [0.2, 0.25) is 0 Å². The number of benzene rings is 2. The zero-order valence-electron chi connectivity index (χ0n) is 17.2. The van der Waals surface area contributed by atoms with E-state index in [0.29, 0.717) is 5.56 Å². The van der Waals surface area contributed by atoms with Crippen LogP contribution < -0.4 is 0 Å². The molecule has 0 saturated carbocycles. The average molecular weight is 385 g/mol. The largest absolute Gasteiger partial charge is 0.451 e. The molecule has 0 aromatic heterocycles. The van der Waals surface area contributed by atoms with Gasteiger partial charge in [-0.2, -0.15) is 0 Å². The number of fused-ring (bicyclic) bond motifs is 1. The number of rotatable bonds is 3. The first-order valence-corrected chi connectivity index (χ1v) is 9.99. The number of esters is 1. The molecule has 0 atom stereocenters. The SMILES string of the molecule is CC(C)(C)c1cc2c(c(C(C)(C)OC(=O)c3ccccc3)c1)SOC2(C)C. The summed E-state index contributed by atoms with van der Waals surface area (Å²) in [6, 6.07) is 13.5. The first-order chi connectivity index (χ1) is 12.4. The lowest BCUT2D eigenvalue weighted by Crippen LogP contribution is -2.28. The van der Waals surface area contributed by atoms with Gasteiger partial charge in [0.25, 0.3) is 0 Å². The molecule has 1 aliphatic heterocycles. The van der Waals surface area contributed by atoms with E-state index < -0.39 is 5.60 Å². The number of ether oxygens (including phenoxy) is 1. The first kappa shape index (κ1) is 20.0.